The summed E-state index contributed by atoms with van der Waals surface area (Å²) in [5.41, 5.74) is 5.17. The first kappa shape index (κ1) is 10.1. The van der Waals surface area contributed by atoms with Crippen LogP contribution < -0.4 is 5.32 Å². The average Bonchev–Trinajstić information content (AvgIpc) is 2.83. The van der Waals surface area contributed by atoms with Crippen molar-refractivity contribution in [3.8, 4) is 11.1 Å². The molecular weight excluding hydrogens is 214 g/mol. The normalized spacial score (nSPS) is 14.3. The number of aryl methyl sites for hydroxylation is 1. The van der Waals surface area contributed by atoms with Gasteiger partial charge in [0.15, 0.2) is 0 Å². The topological polar surface area (TPSA) is 42.2 Å². The van der Waals surface area contributed by atoms with Gasteiger partial charge in [0.1, 0.15) is 0 Å². The highest BCUT2D eigenvalue weighted by Crippen LogP contribution is 2.30. The van der Waals surface area contributed by atoms with Crippen LogP contribution in [0.25, 0.3) is 11.1 Å². The zero-order chi connectivity index (χ0) is 11.8. The molecule has 0 radical (unpaired) electrons. The number of nitrogens with one attached hydrogen (secondary N) is 1. The van der Waals surface area contributed by atoms with Crippen molar-refractivity contribution in [3.63, 3.8) is 0 Å². The van der Waals surface area contributed by atoms with Gasteiger partial charge in [-0.15, -0.1) is 0 Å². The average molecular weight is 227 g/mol. The van der Waals surface area contributed by atoms with Crippen LogP contribution >= 0.6 is 0 Å². The predicted octanol–water partition coefficient (Wildman–Crippen LogP) is 2.54. The minimum absolute atomic E-state index is 0.0275. The summed E-state index contributed by atoms with van der Waals surface area (Å²) in [4.78, 5) is 11.8. The first-order valence-electron chi connectivity index (χ1n) is 5.70. The third kappa shape index (κ3) is 1.64. The Morgan fingerprint density at radius 1 is 1.29 bits per heavy atom. The standard InChI is InChI=1S/C14H13NO2/c1-9-6-12(10-3-5-17-8-10)11-2-4-15-14(16)13(11)7-9/h3,5-8H,2,4H2,1H3,(H,15,16). The molecule has 0 saturated carbocycles. The number of hydrogen-bond donors (Lipinski definition) is 1. The summed E-state index contributed by atoms with van der Waals surface area (Å²) in [7, 11) is 0. The Bertz CT molecular complexity index is 570. The minimum atomic E-state index is 0.0275. The quantitative estimate of drug-likeness (QED) is 0.813. The second-order valence-electron chi connectivity index (χ2n) is 4.36. The van der Waals surface area contributed by atoms with E-state index < -0.39 is 0 Å². The Morgan fingerprint density at radius 2 is 2.12 bits per heavy atom. The summed E-state index contributed by atoms with van der Waals surface area (Å²) in [6.45, 7) is 2.71. The van der Waals surface area contributed by atoms with Gasteiger partial charge in [-0.25, -0.2) is 0 Å². The number of hydrogen-bond acceptors (Lipinski definition) is 2. The van der Waals surface area contributed by atoms with E-state index in [-0.39, 0.29) is 5.91 Å². The van der Waals surface area contributed by atoms with Gasteiger partial charge in [0.05, 0.1) is 12.5 Å². The van der Waals surface area contributed by atoms with Gasteiger partial charge < -0.3 is 9.73 Å². The van der Waals surface area contributed by atoms with E-state index in [9.17, 15) is 4.79 Å². The highest BCUT2D eigenvalue weighted by Gasteiger charge is 2.20. The van der Waals surface area contributed by atoms with Crippen LogP contribution in [0.3, 0.4) is 0 Å². The number of carbonyl (C=O) groups is 1. The van der Waals surface area contributed by atoms with Crippen molar-refractivity contribution in [2.24, 2.45) is 0 Å². The largest absolute Gasteiger partial charge is 0.472 e. The Kier molecular flexibility index (Phi) is 2.25. The third-order valence-electron chi connectivity index (χ3n) is 3.13. The van der Waals surface area contributed by atoms with Gasteiger partial charge in [-0.3, -0.25) is 4.79 Å². The fourth-order valence-electron chi connectivity index (χ4n) is 2.36. The Morgan fingerprint density at radius 3 is 2.88 bits per heavy atom. The molecule has 17 heavy (non-hydrogen) atoms. The maximum atomic E-state index is 11.8. The van der Waals surface area contributed by atoms with Gasteiger partial charge in [-0.1, -0.05) is 6.07 Å². The number of rotatable bonds is 1. The van der Waals surface area contributed by atoms with E-state index in [4.69, 9.17) is 4.42 Å². The third-order valence-corrected chi connectivity index (χ3v) is 3.13. The van der Waals surface area contributed by atoms with Gasteiger partial charge >= 0.3 is 0 Å². The molecule has 1 aliphatic heterocycles. The Balaban J connectivity index is 2.25. The molecule has 0 spiro atoms. The summed E-state index contributed by atoms with van der Waals surface area (Å²) >= 11 is 0. The molecule has 0 saturated heterocycles. The highest BCUT2D eigenvalue weighted by atomic mass is 16.3. The molecule has 0 fully saturated rings. The molecule has 2 aromatic rings. The first-order chi connectivity index (χ1) is 8.25. The van der Waals surface area contributed by atoms with Gasteiger partial charge in [0, 0.05) is 17.7 Å². The van der Waals surface area contributed by atoms with E-state index in [1.165, 1.54) is 0 Å². The highest BCUT2D eigenvalue weighted by molar-refractivity contribution is 5.99. The molecular formula is C14H13NO2. The molecule has 1 aliphatic rings. The van der Waals surface area contributed by atoms with Crippen molar-refractivity contribution in [3.05, 3.63) is 47.4 Å². The van der Waals surface area contributed by atoms with Crippen LogP contribution in [0.4, 0.5) is 0 Å². The number of carbonyl (C=O) groups excluding carboxylic acids is 1. The van der Waals surface area contributed by atoms with Gasteiger partial charge in [0.2, 0.25) is 0 Å². The van der Waals surface area contributed by atoms with Gasteiger partial charge in [0.25, 0.3) is 5.91 Å². The molecule has 86 valence electrons. The fraction of sp³-hybridized carbons (Fsp3) is 0.214. The van der Waals surface area contributed by atoms with Gasteiger partial charge in [-0.2, -0.15) is 0 Å². The molecule has 0 unspecified atom stereocenters. The minimum Gasteiger partial charge on any atom is -0.472 e. The van der Waals surface area contributed by atoms with E-state index in [2.05, 4.69) is 11.4 Å². The summed E-state index contributed by atoms with van der Waals surface area (Å²) in [5, 5.41) is 2.88. The zero-order valence-corrected chi connectivity index (χ0v) is 9.62. The number of amides is 1. The molecule has 3 nitrogen and oxygen atoms in total. The summed E-state index contributed by atoms with van der Waals surface area (Å²) < 4.78 is 5.13. The molecule has 2 heterocycles. The van der Waals surface area contributed by atoms with Crippen molar-refractivity contribution in [1.29, 1.82) is 0 Å². The van der Waals surface area contributed by atoms with Crippen LogP contribution in [0.5, 0.6) is 0 Å². The fourth-order valence-corrected chi connectivity index (χ4v) is 2.36. The molecule has 0 atom stereocenters. The lowest BCUT2D eigenvalue weighted by Crippen LogP contribution is -2.32. The van der Waals surface area contributed by atoms with Crippen LogP contribution in [0.15, 0.2) is 35.1 Å². The van der Waals surface area contributed by atoms with Crippen molar-refractivity contribution in [1.82, 2.24) is 5.32 Å². The smallest absolute Gasteiger partial charge is 0.251 e. The van der Waals surface area contributed by atoms with E-state index in [1.807, 2.05) is 19.1 Å². The van der Waals surface area contributed by atoms with Crippen molar-refractivity contribution in [2.45, 2.75) is 13.3 Å². The maximum Gasteiger partial charge on any atom is 0.251 e. The summed E-state index contributed by atoms with van der Waals surface area (Å²) in [5.74, 6) is 0.0275. The van der Waals surface area contributed by atoms with E-state index >= 15 is 0 Å². The Labute approximate surface area is 99.4 Å². The lowest BCUT2D eigenvalue weighted by molar-refractivity contribution is 0.0946. The number of furan rings is 1. The Hall–Kier alpha value is -2.03. The first-order valence-corrected chi connectivity index (χ1v) is 5.70. The molecule has 1 amide bonds. The second-order valence-corrected chi connectivity index (χ2v) is 4.36. The van der Waals surface area contributed by atoms with Crippen LogP contribution in [-0.2, 0) is 6.42 Å². The van der Waals surface area contributed by atoms with E-state index in [1.54, 1.807) is 12.5 Å². The predicted molar refractivity (Wildman–Crippen MR) is 64.9 cm³/mol. The van der Waals surface area contributed by atoms with Crippen molar-refractivity contribution >= 4 is 5.91 Å². The lowest BCUT2D eigenvalue weighted by Gasteiger charge is -2.20. The molecule has 1 N–H and O–H groups in total. The monoisotopic (exact) mass is 227 g/mol. The SMILES string of the molecule is Cc1cc2c(c(-c3ccoc3)c1)CCNC2=O. The molecule has 1 aromatic carbocycles. The molecule has 3 rings (SSSR count). The van der Waals surface area contributed by atoms with Crippen LogP contribution in [0.2, 0.25) is 0 Å². The maximum absolute atomic E-state index is 11.8. The number of benzene rings is 1. The van der Waals surface area contributed by atoms with Crippen molar-refractivity contribution in [2.75, 3.05) is 6.54 Å². The van der Waals surface area contributed by atoms with Crippen LogP contribution in [-0.4, -0.2) is 12.5 Å². The summed E-state index contributed by atoms with van der Waals surface area (Å²) in [6, 6.07) is 6.00. The molecule has 0 aliphatic carbocycles. The van der Waals surface area contributed by atoms with Crippen LogP contribution in [0, 0.1) is 6.92 Å². The van der Waals surface area contributed by atoms with E-state index in [0.29, 0.717) is 6.54 Å². The van der Waals surface area contributed by atoms with Gasteiger partial charge in [-0.05, 0) is 42.2 Å². The number of fused-ring (bicyclic) bond motifs is 1. The van der Waals surface area contributed by atoms with Crippen molar-refractivity contribution < 1.29 is 9.21 Å². The molecule has 1 aromatic heterocycles. The molecule has 0 bridgehead atoms. The lowest BCUT2D eigenvalue weighted by atomic mass is 9.90. The zero-order valence-electron chi connectivity index (χ0n) is 9.62. The summed E-state index contributed by atoms with van der Waals surface area (Å²) in [6.07, 6.45) is 4.26. The molecule has 3 heteroatoms. The second kappa shape index (κ2) is 3.77. The van der Waals surface area contributed by atoms with Crippen LogP contribution in [0.1, 0.15) is 21.5 Å². The van der Waals surface area contributed by atoms with E-state index in [0.717, 1.165) is 34.2 Å².